The zero-order valence-corrected chi connectivity index (χ0v) is 13.0. The minimum Gasteiger partial charge on any atom is -0.376 e. The van der Waals surface area contributed by atoms with Crippen LogP contribution in [-0.4, -0.2) is 36.1 Å². The van der Waals surface area contributed by atoms with Crippen molar-refractivity contribution in [2.45, 2.75) is 51.4 Å². The van der Waals surface area contributed by atoms with Crippen molar-refractivity contribution < 1.29 is 9.53 Å². The molecule has 1 amide bonds. The van der Waals surface area contributed by atoms with Gasteiger partial charge in [-0.15, -0.1) is 0 Å². The minimum absolute atomic E-state index is 0.0205. The molecule has 1 aromatic rings. The fraction of sp³-hybridized carbons (Fsp3) is 0.588. The van der Waals surface area contributed by atoms with Crippen LogP contribution in [0.2, 0.25) is 0 Å². The van der Waals surface area contributed by atoms with E-state index in [9.17, 15) is 4.79 Å². The van der Waals surface area contributed by atoms with Gasteiger partial charge in [-0.05, 0) is 30.4 Å². The van der Waals surface area contributed by atoms with Gasteiger partial charge in [-0.3, -0.25) is 10.1 Å². The lowest BCUT2D eigenvalue weighted by Gasteiger charge is -2.32. The van der Waals surface area contributed by atoms with E-state index in [2.05, 4.69) is 50.4 Å². The van der Waals surface area contributed by atoms with Gasteiger partial charge in [-0.2, -0.15) is 0 Å². The van der Waals surface area contributed by atoms with E-state index in [1.807, 2.05) is 4.90 Å². The molecule has 0 bridgehead atoms. The third kappa shape index (κ3) is 2.70. The molecule has 2 fully saturated rings. The molecule has 114 valence electrons. The number of nitrogens with one attached hydrogen (secondary N) is 1. The number of benzene rings is 1. The van der Waals surface area contributed by atoms with Crippen LogP contribution in [0.3, 0.4) is 0 Å². The summed E-state index contributed by atoms with van der Waals surface area (Å²) in [5.41, 5.74) is 2.48. The molecule has 0 saturated carbocycles. The van der Waals surface area contributed by atoms with Gasteiger partial charge in [0.1, 0.15) is 6.17 Å². The Hall–Kier alpha value is -1.39. The van der Waals surface area contributed by atoms with E-state index in [1.54, 1.807) is 0 Å². The second-order valence-corrected chi connectivity index (χ2v) is 6.34. The van der Waals surface area contributed by atoms with E-state index < -0.39 is 0 Å². The van der Waals surface area contributed by atoms with E-state index in [-0.39, 0.29) is 24.2 Å². The van der Waals surface area contributed by atoms with Crippen LogP contribution in [0.4, 0.5) is 0 Å². The topological polar surface area (TPSA) is 41.6 Å². The van der Waals surface area contributed by atoms with Crippen molar-refractivity contribution in [2.75, 3.05) is 13.2 Å². The Morgan fingerprint density at radius 2 is 2.00 bits per heavy atom. The first-order chi connectivity index (χ1) is 10.1. The van der Waals surface area contributed by atoms with Crippen molar-refractivity contribution in [1.29, 1.82) is 0 Å². The van der Waals surface area contributed by atoms with Crippen molar-refractivity contribution >= 4 is 5.91 Å². The molecule has 3 rings (SSSR count). The van der Waals surface area contributed by atoms with Crippen molar-refractivity contribution in [2.24, 2.45) is 0 Å². The summed E-state index contributed by atoms with van der Waals surface area (Å²) in [5, 5.41) is 3.34. The predicted octanol–water partition coefficient (Wildman–Crippen LogP) is 2.42. The lowest BCUT2D eigenvalue weighted by molar-refractivity contribution is -0.131. The van der Waals surface area contributed by atoms with Crippen LogP contribution in [0.5, 0.6) is 0 Å². The van der Waals surface area contributed by atoms with E-state index in [0.29, 0.717) is 12.5 Å². The minimum atomic E-state index is -0.0205. The highest BCUT2D eigenvalue weighted by Crippen LogP contribution is 2.31. The summed E-state index contributed by atoms with van der Waals surface area (Å²) >= 11 is 0. The quantitative estimate of drug-likeness (QED) is 0.928. The van der Waals surface area contributed by atoms with Gasteiger partial charge in [-0.1, -0.05) is 38.1 Å². The van der Waals surface area contributed by atoms with Gasteiger partial charge in [0, 0.05) is 6.61 Å². The molecular weight excluding hydrogens is 264 g/mol. The van der Waals surface area contributed by atoms with Gasteiger partial charge in [0.2, 0.25) is 5.91 Å². The lowest BCUT2D eigenvalue weighted by Crippen LogP contribution is -2.43. The number of hydrogen-bond donors (Lipinski definition) is 1. The van der Waals surface area contributed by atoms with Crippen molar-refractivity contribution in [3.8, 4) is 0 Å². The smallest absolute Gasteiger partial charge is 0.238 e. The summed E-state index contributed by atoms with van der Waals surface area (Å²) in [6, 6.07) is 8.79. The highest BCUT2D eigenvalue weighted by molar-refractivity contribution is 5.81. The Kier molecular flexibility index (Phi) is 4.00. The fourth-order valence-corrected chi connectivity index (χ4v) is 3.32. The van der Waals surface area contributed by atoms with Crippen LogP contribution in [0.15, 0.2) is 24.3 Å². The summed E-state index contributed by atoms with van der Waals surface area (Å²) in [7, 11) is 0. The molecule has 3 unspecified atom stereocenters. The Labute approximate surface area is 126 Å². The molecule has 0 spiro atoms. The first kappa shape index (κ1) is 14.5. The summed E-state index contributed by atoms with van der Waals surface area (Å²) < 4.78 is 5.64. The summed E-state index contributed by atoms with van der Waals surface area (Å²) in [6.45, 7) is 7.60. The Balaban J connectivity index is 1.84. The third-order valence-electron chi connectivity index (χ3n) is 4.63. The van der Waals surface area contributed by atoms with Gasteiger partial charge >= 0.3 is 0 Å². The van der Waals surface area contributed by atoms with Crippen LogP contribution in [0.1, 0.15) is 50.4 Å². The van der Waals surface area contributed by atoms with Crippen LogP contribution < -0.4 is 5.32 Å². The van der Waals surface area contributed by atoms with Gasteiger partial charge in [0.15, 0.2) is 0 Å². The molecule has 2 aliphatic rings. The highest BCUT2D eigenvalue weighted by Gasteiger charge is 2.41. The first-order valence-electron chi connectivity index (χ1n) is 7.84. The highest BCUT2D eigenvalue weighted by atomic mass is 16.5. The molecule has 2 saturated heterocycles. The zero-order valence-electron chi connectivity index (χ0n) is 13.0. The number of carbonyl (C=O) groups excluding carboxylic acids is 1. The van der Waals surface area contributed by atoms with E-state index in [0.717, 1.165) is 18.6 Å². The number of hydrogen-bond acceptors (Lipinski definition) is 3. The van der Waals surface area contributed by atoms with Crippen molar-refractivity contribution in [1.82, 2.24) is 10.2 Å². The molecule has 0 radical (unpaired) electrons. The molecule has 2 aliphatic heterocycles. The number of rotatable bonds is 3. The average molecular weight is 288 g/mol. The summed E-state index contributed by atoms with van der Waals surface area (Å²) in [4.78, 5) is 14.3. The lowest BCUT2D eigenvalue weighted by atomic mass is 10.00. The van der Waals surface area contributed by atoms with Crippen LogP contribution in [-0.2, 0) is 9.53 Å². The predicted molar refractivity (Wildman–Crippen MR) is 81.9 cm³/mol. The standard InChI is InChI=1S/C17H24N2O2/c1-11(2)13-4-6-14(7-5-13)17-18-10-16(20)19(17)15-8-9-21-12(15)3/h4-7,11-12,15,17-18H,8-10H2,1-3H3. The van der Waals surface area contributed by atoms with Crippen molar-refractivity contribution in [3.05, 3.63) is 35.4 Å². The maximum atomic E-state index is 12.3. The van der Waals surface area contributed by atoms with Crippen LogP contribution in [0.25, 0.3) is 0 Å². The van der Waals surface area contributed by atoms with Crippen LogP contribution >= 0.6 is 0 Å². The van der Waals surface area contributed by atoms with Crippen LogP contribution in [0, 0.1) is 0 Å². The van der Waals surface area contributed by atoms with Crippen molar-refractivity contribution in [3.63, 3.8) is 0 Å². The van der Waals surface area contributed by atoms with E-state index in [1.165, 1.54) is 5.56 Å². The molecule has 3 atom stereocenters. The molecule has 0 aliphatic carbocycles. The summed E-state index contributed by atoms with van der Waals surface area (Å²) in [6.07, 6.45) is 1.02. The van der Waals surface area contributed by atoms with E-state index in [4.69, 9.17) is 4.74 Å². The largest absolute Gasteiger partial charge is 0.376 e. The SMILES string of the molecule is CC(C)c1ccc(C2NCC(=O)N2C2CCOC2C)cc1. The van der Waals surface area contributed by atoms with Gasteiger partial charge in [-0.25, -0.2) is 0 Å². The molecule has 1 aromatic carbocycles. The Morgan fingerprint density at radius 1 is 1.29 bits per heavy atom. The Morgan fingerprint density at radius 3 is 2.57 bits per heavy atom. The number of amides is 1. The molecular formula is C17H24N2O2. The van der Waals surface area contributed by atoms with E-state index >= 15 is 0 Å². The molecule has 21 heavy (non-hydrogen) atoms. The first-order valence-corrected chi connectivity index (χ1v) is 7.84. The molecule has 2 heterocycles. The van der Waals surface area contributed by atoms with Gasteiger partial charge in [0.05, 0.1) is 18.7 Å². The fourth-order valence-electron chi connectivity index (χ4n) is 3.32. The molecule has 1 N–H and O–H groups in total. The molecule has 4 nitrogen and oxygen atoms in total. The molecule has 0 aromatic heterocycles. The van der Waals surface area contributed by atoms with Gasteiger partial charge < -0.3 is 9.64 Å². The second kappa shape index (κ2) is 5.78. The number of nitrogens with zero attached hydrogens (tertiary/aromatic N) is 1. The maximum Gasteiger partial charge on any atom is 0.238 e. The van der Waals surface area contributed by atoms with Gasteiger partial charge in [0.25, 0.3) is 0 Å². The third-order valence-corrected chi connectivity index (χ3v) is 4.63. The number of carbonyl (C=O) groups is 1. The maximum absolute atomic E-state index is 12.3. The Bertz CT molecular complexity index is 512. The molecule has 4 heteroatoms. The monoisotopic (exact) mass is 288 g/mol. The number of ether oxygens (including phenoxy) is 1. The zero-order chi connectivity index (χ0) is 15.0. The summed E-state index contributed by atoms with van der Waals surface area (Å²) in [5.74, 6) is 0.701. The average Bonchev–Trinajstić information content (AvgIpc) is 3.04. The second-order valence-electron chi connectivity index (χ2n) is 6.34. The normalized spacial score (nSPS) is 29.6.